The molecule has 4 N–H and O–H groups in total. The standard InChI is InChI=1S/C9H13N5O/c10-8-9(12-4-3-11-8)13-5-7(15)14-6-1-2-6/h3-4,6H,1-2,5H2,(H2,10,11)(H,12,13)(H,14,15). The van der Waals surface area contributed by atoms with Crippen LogP contribution in [0.4, 0.5) is 11.6 Å². The Hall–Kier alpha value is -1.85. The van der Waals surface area contributed by atoms with E-state index in [0.717, 1.165) is 12.8 Å². The fourth-order valence-corrected chi connectivity index (χ4v) is 1.16. The second-order valence-corrected chi connectivity index (χ2v) is 3.49. The molecule has 0 radical (unpaired) electrons. The summed E-state index contributed by atoms with van der Waals surface area (Å²) in [6.07, 6.45) is 5.19. The lowest BCUT2D eigenvalue weighted by atomic mass is 10.5. The number of hydrogen-bond acceptors (Lipinski definition) is 5. The van der Waals surface area contributed by atoms with Crippen molar-refractivity contribution in [2.45, 2.75) is 18.9 Å². The maximum absolute atomic E-state index is 11.3. The van der Waals surface area contributed by atoms with Crippen LogP contribution in [0.15, 0.2) is 12.4 Å². The molecule has 0 spiro atoms. The van der Waals surface area contributed by atoms with Gasteiger partial charge < -0.3 is 16.4 Å². The lowest BCUT2D eigenvalue weighted by Gasteiger charge is -2.06. The Labute approximate surface area is 87.3 Å². The average Bonchev–Trinajstić information content (AvgIpc) is 3.00. The molecule has 1 fully saturated rings. The van der Waals surface area contributed by atoms with Gasteiger partial charge in [0, 0.05) is 18.4 Å². The van der Waals surface area contributed by atoms with E-state index >= 15 is 0 Å². The Bertz CT molecular complexity index is 363. The van der Waals surface area contributed by atoms with Gasteiger partial charge in [-0.3, -0.25) is 4.79 Å². The first-order valence-electron chi connectivity index (χ1n) is 4.85. The Morgan fingerprint density at radius 2 is 2.20 bits per heavy atom. The highest BCUT2D eigenvalue weighted by Crippen LogP contribution is 2.18. The summed E-state index contributed by atoms with van der Waals surface area (Å²) < 4.78 is 0. The zero-order valence-corrected chi connectivity index (χ0v) is 8.23. The smallest absolute Gasteiger partial charge is 0.239 e. The van der Waals surface area contributed by atoms with Crippen LogP contribution in [0.3, 0.4) is 0 Å². The lowest BCUT2D eigenvalue weighted by Crippen LogP contribution is -2.31. The second-order valence-electron chi connectivity index (χ2n) is 3.49. The second kappa shape index (κ2) is 4.12. The van der Waals surface area contributed by atoms with E-state index in [4.69, 9.17) is 5.73 Å². The van der Waals surface area contributed by atoms with Gasteiger partial charge in [-0.05, 0) is 12.8 Å². The summed E-state index contributed by atoms with van der Waals surface area (Å²) in [4.78, 5) is 19.1. The van der Waals surface area contributed by atoms with E-state index in [0.29, 0.717) is 17.7 Å². The molecule has 6 heteroatoms. The molecule has 0 aliphatic heterocycles. The van der Waals surface area contributed by atoms with Crippen LogP contribution in [0.2, 0.25) is 0 Å². The van der Waals surface area contributed by atoms with Crippen molar-refractivity contribution in [1.29, 1.82) is 0 Å². The predicted octanol–water partition coefficient (Wildman–Crippen LogP) is -0.251. The number of aromatic nitrogens is 2. The van der Waals surface area contributed by atoms with Crippen molar-refractivity contribution in [1.82, 2.24) is 15.3 Å². The molecule has 80 valence electrons. The Morgan fingerprint density at radius 1 is 1.47 bits per heavy atom. The normalized spacial score (nSPS) is 14.7. The van der Waals surface area contributed by atoms with Crippen molar-refractivity contribution in [3.05, 3.63) is 12.4 Å². The molecular formula is C9H13N5O. The summed E-state index contributed by atoms with van der Waals surface area (Å²) in [7, 11) is 0. The highest BCUT2D eigenvalue weighted by atomic mass is 16.2. The number of amides is 1. The highest BCUT2D eigenvalue weighted by molar-refractivity contribution is 5.81. The minimum Gasteiger partial charge on any atom is -0.381 e. The number of nitrogens with two attached hydrogens (primary N) is 1. The third-order valence-electron chi connectivity index (χ3n) is 2.09. The van der Waals surface area contributed by atoms with Crippen LogP contribution in [0.1, 0.15) is 12.8 Å². The number of anilines is 2. The summed E-state index contributed by atoms with van der Waals surface area (Å²) in [6, 6.07) is 0.374. The first kappa shape index (κ1) is 9.70. The number of rotatable bonds is 4. The Kier molecular flexibility index (Phi) is 2.66. The van der Waals surface area contributed by atoms with E-state index in [1.54, 1.807) is 0 Å². The molecular weight excluding hydrogens is 194 g/mol. The number of nitrogens with zero attached hydrogens (tertiary/aromatic N) is 2. The summed E-state index contributed by atoms with van der Waals surface area (Å²) in [6.45, 7) is 0.180. The predicted molar refractivity (Wildman–Crippen MR) is 56.1 cm³/mol. The van der Waals surface area contributed by atoms with E-state index in [9.17, 15) is 4.79 Å². The first-order valence-corrected chi connectivity index (χ1v) is 4.85. The van der Waals surface area contributed by atoms with Gasteiger partial charge in [-0.2, -0.15) is 0 Å². The molecule has 0 saturated heterocycles. The SMILES string of the molecule is Nc1nccnc1NCC(=O)NC1CC1. The van der Waals surface area contributed by atoms with Gasteiger partial charge in [-0.25, -0.2) is 9.97 Å². The number of carbonyl (C=O) groups excluding carboxylic acids is 1. The van der Waals surface area contributed by atoms with Gasteiger partial charge in [0.1, 0.15) is 0 Å². The van der Waals surface area contributed by atoms with Crippen molar-refractivity contribution < 1.29 is 4.79 Å². The molecule has 0 aromatic carbocycles. The lowest BCUT2D eigenvalue weighted by molar-refractivity contribution is -0.119. The van der Waals surface area contributed by atoms with E-state index in [1.165, 1.54) is 12.4 Å². The van der Waals surface area contributed by atoms with E-state index in [-0.39, 0.29) is 12.5 Å². The molecule has 0 bridgehead atoms. The van der Waals surface area contributed by atoms with Crippen LogP contribution < -0.4 is 16.4 Å². The van der Waals surface area contributed by atoms with Crippen molar-refractivity contribution >= 4 is 17.5 Å². The van der Waals surface area contributed by atoms with E-state index < -0.39 is 0 Å². The largest absolute Gasteiger partial charge is 0.381 e. The molecule has 1 amide bonds. The molecule has 1 aromatic heterocycles. The minimum atomic E-state index is -0.0393. The summed E-state index contributed by atoms with van der Waals surface area (Å²) in [5.41, 5.74) is 5.55. The van der Waals surface area contributed by atoms with Gasteiger partial charge >= 0.3 is 0 Å². The van der Waals surface area contributed by atoms with Gasteiger partial charge in [-0.1, -0.05) is 0 Å². The number of hydrogen-bond donors (Lipinski definition) is 3. The van der Waals surface area contributed by atoms with Gasteiger partial charge in [0.05, 0.1) is 6.54 Å². The van der Waals surface area contributed by atoms with E-state index in [1.807, 2.05) is 0 Å². The highest BCUT2D eigenvalue weighted by Gasteiger charge is 2.22. The Morgan fingerprint density at radius 3 is 2.87 bits per heavy atom. The van der Waals surface area contributed by atoms with Gasteiger partial charge in [0.2, 0.25) is 5.91 Å². The summed E-state index contributed by atoms with van der Waals surface area (Å²) in [5.74, 6) is 0.711. The summed E-state index contributed by atoms with van der Waals surface area (Å²) >= 11 is 0. The summed E-state index contributed by atoms with van der Waals surface area (Å²) in [5, 5.41) is 5.69. The fraction of sp³-hybridized carbons (Fsp3) is 0.444. The van der Waals surface area contributed by atoms with E-state index in [2.05, 4.69) is 20.6 Å². The maximum atomic E-state index is 11.3. The quantitative estimate of drug-likeness (QED) is 0.633. The third kappa shape index (κ3) is 2.80. The number of carbonyl (C=O) groups is 1. The number of nitrogens with one attached hydrogen (secondary N) is 2. The molecule has 1 aliphatic rings. The van der Waals surface area contributed by atoms with Crippen LogP contribution in [0, 0.1) is 0 Å². The molecule has 0 atom stereocenters. The molecule has 0 unspecified atom stereocenters. The zero-order chi connectivity index (χ0) is 10.7. The van der Waals surface area contributed by atoms with Crippen LogP contribution in [-0.2, 0) is 4.79 Å². The molecule has 1 aromatic rings. The van der Waals surface area contributed by atoms with Crippen molar-refractivity contribution in [3.63, 3.8) is 0 Å². The van der Waals surface area contributed by atoms with Gasteiger partial charge in [-0.15, -0.1) is 0 Å². The minimum absolute atomic E-state index is 0.0393. The maximum Gasteiger partial charge on any atom is 0.239 e. The fourth-order valence-electron chi connectivity index (χ4n) is 1.16. The van der Waals surface area contributed by atoms with Crippen LogP contribution in [0.25, 0.3) is 0 Å². The van der Waals surface area contributed by atoms with Crippen molar-refractivity contribution in [2.75, 3.05) is 17.6 Å². The van der Waals surface area contributed by atoms with Crippen molar-refractivity contribution in [3.8, 4) is 0 Å². The van der Waals surface area contributed by atoms with Crippen LogP contribution in [0.5, 0.6) is 0 Å². The monoisotopic (exact) mass is 207 g/mol. The molecule has 15 heavy (non-hydrogen) atoms. The number of nitrogen functional groups attached to an aromatic ring is 1. The van der Waals surface area contributed by atoms with Gasteiger partial charge in [0.25, 0.3) is 0 Å². The third-order valence-corrected chi connectivity index (χ3v) is 2.09. The molecule has 1 saturated carbocycles. The Balaban J connectivity index is 1.81. The first-order chi connectivity index (χ1) is 7.25. The average molecular weight is 207 g/mol. The molecule has 1 heterocycles. The topological polar surface area (TPSA) is 92.9 Å². The van der Waals surface area contributed by atoms with Crippen molar-refractivity contribution in [2.24, 2.45) is 0 Å². The zero-order valence-electron chi connectivity index (χ0n) is 8.23. The molecule has 2 rings (SSSR count). The molecule has 1 aliphatic carbocycles. The molecule has 6 nitrogen and oxygen atoms in total. The van der Waals surface area contributed by atoms with Crippen LogP contribution >= 0.6 is 0 Å². The van der Waals surface area contributed by atoms with Gasteiger partial charge in [0.15, 0.2) is 11.6 Å². The van der Waals surface area contributed by atoms with Crippen LogP contribution in [-0.4, -0.2) is 28.5 Å².